The fourth-order valence-electron chi connectivity index (χ4n) is 3.43. The van der Waals surface area contributed by atoms with Crippen molar-refractivity contribution in [1.29, 1.82) is 0 Å². The van der Waals surface area contributed by atoms with Crippen molar-refractivity contribution in [1.82, 2.24) is 15.1 Å². The highest BCUT2D eigenvalue weighted by atomic mass is 35.5. The van der Waals surface area contributed by atoms with E-state index in [9.17, 15) is 9.59 Å². The fourth-order valence-corrected chi connectivity index (χ4v) is 3.61. The summed E-state index contributed by atoms with van der Waals surface area (Å²) in [6, 6.07) is 12.7. The lowest BCUT2D eigenvalue weighted by atomic mass is 10.1. The summed E-state index contributed by atoms with van der Waals surface area (Å²) in [5, 5.41) is 3.39. The van der Waals surface area contributed by atoms with E-state index in [1.165, 1.54) is 0 Å². The second-order valence-electron chi connectivity index (χ2n) is 8.71. The van der Waals surface area contributed by atoms with Gasteiger partial charge in [-0.15, -0.1) is 0 Å². The van der Waals surface area contributed by atoms with Crippen molar-refractivity contribution in [2.45, 2.75) is 32.9 Å². The standard InChI is InChI=1S/C23H29ClN4O2/c1-23(2,3)26-21(29)17-6-4-5-16(13-17)15-27-9-11-28(12-10-27)22(30)18-7-8-20(25)19(24)14-18/h4-8,13-14H,9-12,15,25H2,1-3H3,(H,26,29). The first-order valence-corrected chi connectivity index (χ1v) is 10.5. The van der Waals surface area contributed by atoms with Crippen molar-refractivity contribution in [3.63, 3.8) is 0 Å². The molecule has 0 radical (unpaired) electrons. The molecule has 0 saturated carbocycles. The summed E-state index contributed by atoms with van der Waals surface area (Å²) in [5.74, 6) is -0.0978. The van der Waals surface area contributed by atoms with Crippen LogP contribution in [0.25, 0.3) is 0 Å². The number of carbonyl (C=O) groups excluding carboxylic acids is 2. The summed E-state index contributed by atoms with van der Waals surface area (Å²) < 4.78 is 0. The molecule has 160 valence electrons. The second-order valence-corrected chi connectivity index (χ2v) is 9.12. The number of anilines is 1. The van der Waals surface area contributed by atoms with Gasteiger partial charge < -0.3 is 16.0 Å². The maximum absolute atomic E-state index is 12.7. The smallest absolute Gasteiger partial charge is 0.253 e. The predicted octanol–water partition coefficient (Wildman–Crippen LogP) is 3.41. The third-order valence-electron chi connectivity index (χ3n) is 4.99. The minimum Gasteiger partial charge on any atom is -0.398 e. The van der Waals surface area contributed by atoms with E-state index in [4.69, 9.17) is 17.3 Å². The number of piperazine rings is 1. The number of rotatable bonds is 4. The highest BCUT2D eigenvalue weighted by molar-refractivity contribution is 6.33. The highest BCUT2D eigenvalue weighted by Gasteiger charge is 2.23. The molecule has 1 aliphatic rings. The molecule has 3 N–H and O–H groups in total. The number of nitrogen functional groups attached to an aromatic ring is 1. The van der Waals surface area contributed by atoms with Crippen LogP contribution in [-0.4, -0.2) is 53.3 Å². The number of hydrogen-bond donors (Lipinski definition) is 2. The number of nitrogens with zero attached hydrogens (tertiary/aromatic N) is 2. The van der Waals surface area contributed by atoms with Gasteiger partial charge in [0.25, 0.3) is 11.8 Å². The van der Waals surface area contributed by atoms with E-state index >= 15 is 0 Å². The van der Waals surface area contributed by atoms with E-state index in [2.05, 4.69) is 10.2 Å². The van der Waals surface area contributed by atoms with Crippen molar-refractivity contribution >= 4 is 29.1 Å². The van der Waals surface area contributed by atoms with Gasteiger partial charge in [-0.3, -0.25) is 14.5 Å². The number of hydrogen-bond acceptors (Lipinski definition) is 4. The van der Waals surface area contributed by atoms with Crippen molar-refractivity contribution < 1.29 is 9.59 Å². The molecule has 3 rings (SSSR count). The molecule has 0 bridgehead atoms. The van der Waals surface area contributed by atoms with Crippen LogP contribution in [0.2, 0.25) is 5.02 Å². The van der Waals surface area contributed by atoms with E-state index in [0.29, 0.717) is 34.9 Å². The Balaban J connectivity index is 1.57. The van der Waals surface area contributed by atoms with Crippen LogP contribution in [0.3, 0.4) is 0 Å². The molecule has 6 nitrogen and oxygen atoms in total. The van der Waals surface area contributed by atoms with Crippen molar-refractivity contribution in [3.05, 3.63) is 64.2 Å². The molecule has 0 aromatic heterocycles. The summed E-state index contributed by atoms with van der Waals surface area (Å²) in [6.07, 6.45) is 0. The van der Waals surface area contributed by atoms with Crippen LogP contribution in [0, 0.1) is 0 Å². The number of carbonyl (C=O) groups is 2. The van der Waals surface area contributed by atoms with Gasteiger partial charge in [0.1, 0.15) is 0 Å². The van der Waals surface area contributed by atoms with Crippen LogP contribution in [0.15, 0.2) is 42.5 Å². The first-order valence-electron chi connectivity index (χ1n) is 10.1. The molecule has 2 aromatic rings. The van der Waals surface area contributed by atoms with Crippen LogP contribution in [-0.2, 0) is 6.54 Å². The average Bonchev–Trinajstić information content (AvgIpc) is 2.69. The number of benzene rings is 2. The second kappa shape index (κ2) is 9.06. The quantitative estimate of drug-likeness (QED) is 0.731. The summed E-state index contributed by atoms with van der Waals surface area (Å²) in [6.45, 7) is 9.47. The van der Waals surface area contributed by atoms with Gasteiger partial charge in [0.15, 0.2) is 0 Å². The lowest BCUT2D eigenvalue weighted by Crippen LogP contribution is -2.48. The molecule has 2 aromatic carbocycles. The van der Waals surface area contributed by atoms with Crippen LogP contribution in [0.5, 0.6) is 0 Å². The molecule has 0 atom stereocenters. The first kappa shape index (κ1) is 22.1. The Morgan fingerprint density at radius 2 is 1.73 bits per heavy atom. The summed E-state index contributed by atoms with van der Waals surface area (Å²) in [7, 11) is 0. The average molecular weight is 429 g/mol. The molecule has 0 aliphatic carbocycles. The van der Waals surface area contributed by atoms with Crippen molar-refractivity contribution in [3.8, 4) is 0 Å². The van der Waals surface area contributed by atoms with E-state index in [1.54, 1.807) is 18.2 Å². The normalized spacial score (nSPS) is 15.1. The lowest BCUT2D eigenvalue weighted by Gasteiger charge is -2.35. The number of nitrogens with one attached hydrogen (secondary N) is 1. The highest BCUT2D eigenvalue weighted by Crippen LogP contribution is 2.21. The van der Waals surface area contributed by atoms with Gasteiger partial charge in [-0.1, -0.05) is 23.7 Å². The minimum absolute atomic E-state index is 0.0302. The lowest BCUT2D eigenvalue weighted by molar-refractivity contribution is 0.0628. The van der Waals surface area contributed by atoms with Crippen LogP contribution in [0.1, 0.15) is 47.1 Å². The Morgan fingerprint density at radius 1 is 1.03 bits per heavy atom. The van der Waals surface area contributed by atoms with Crippen molar-refractivity contribution in [2.75, 3.05) is 31.9 Å². The van der Waals surface area contributed by atoms with Gasteiger partial charge in [0.05, 0.1) is 10.7 Å². The minimum atomic E-state index is -0.273. The molecule has 0 unspecified atom stereocenters. The molecule has 30 heavy (non-hydrogen) atoms. The Kier molecular flexibility index (Phi) is 6.68. The molecule has 1 heterocycles. The van der Waals surface area contributed by atoms with Gasteiger partial charge in [0.2, 0.25) is 0 Å². The third-order valence-corrected chi connectivity index (χ3v) is 5.32. The van der Waals surface area contributed by atoms with Crippen LogP contribution < -0.4 is 11.1 Å². The molecule has 0 spiro atoms. The molecule has 1 aliphatic heterocycles. The largest absolute Gasteiger partial charge is 0.398 e. The van der Waals surface area contributed by atoms with Crippen LogP contribution in [0.4, 0.5) is 5.69 Å². The zero-order valence-electron chi connectivity index (χ0n) is 17.7. The molecular weight excluding hydrogens is 400 g/mol. The zero-order valence-corrected chi connectivity index (χ0v) is 18.5. The Morgan fingerprint density at radius 3 is 2.37 bits per heavy atom. The summed E-state index contributed by atoms with van der Waals surface area (Å²) in [5.41, 5.74) is 8.23. The topological polar surface area (TPSA) is 78.7 Å². The first-order chi connectivity index (χ1) is 14.1. The van der Waals surface area contributed by atoms with Gasteiger partial charge >= 0.3 is 0 Å². The van der Waals surface area contributed by atoms with E-state index < -0.39 is 0 Å². The number of halogens is 1. The molecule has 1 saturated heterocycles. The van der Waals surface area contributed by atoms with E-state index in [-0.39, 0.29) is 17.4 Å². The third kappa shape index (κ3) is 5.74. The number of nitrogens with two attached hydrogens (primary N) is 1. The van der Waals surface area contributed by atoms with Gasteiger partial charge in [0, 0.05) is 49.4 Å². The Bertz CT molecular complexity index is 931. The molecule has 1 fully saturated rings. The van der Waals surface area contributed by atoms with Crippen LogP contribution >= 0.6 is 11.6 Å². The fraction of sp³-hybridized carbons (Fsp3) is 0.391. The number of amides is 2. The van der Waals surface area contributed by atoms with Gasteiger partial charge in [-0.2, -0.15) is 0 Å². The predicted molar refractivity (Wildman–Crippen MR) is 121 cm³/mol. The van der Waals surface area contributed by atoms with Gasteiger partial charge in [-0.05, 0) is 56.7 Å². The van der Waals surface area contributed by atoms with E-state index in [1.807, 2.05) is 49.9 Å². The SMILES string of the molecule is CC(C)(C)NC(=O)c1cccc(CN2CCN(C(=O)c3ccc(N)c(Cl)c3)CC2)c1. The molecule has 2 amide bonds. The maximum Gasteiger partial charge on any atom is 0.253 e. The van der Waals surface area contributed by atoms with Crippen molar-refractivity contribution in [2.24, 2.45) is 0 Å². The molecule has 7 heteroatoms. The summed E-state index contributed by atoms with van der Waals surface area (Å²) in [4.78, 5) is 29.3. The Labute approximate surface area is 183 Å². The maximum atomic E-state index is 12.7. The summed E-state index contributed by atoms with van der Waals surface area (Å²) >= 11 is 6.05. The Hall–Kier alpha value is -2.57. The molecular formula is C23H29ClN4O2. The zero-order chi connectivity index (χ0) is 21.9. The van der Waals surface area contributed by atoms with E-state index in [0.717, 1.165) is 25.2 Å². The monoisotopic (exact) mass is 428 g/mol. The van der Waals surface area contributed by atoms with Gasteiger partial charge in [-0.25, -0.2) is 0 Å².